The van der Waals surface area contributed by atoms with Gasteiger partial charge in [0.05, 0.1) is 23.0 Å². The lowest BCUT2D eigenvalue weighted by molar-refractivity contribution is -0.117. The van der Waals surface area contributed by atoms with Gasteiger partial charge >= 0.3 is 0 Å². The van der Waals surface area contributed by atoms with Crippen LogP contribution in [0.25, 0.3) is 0 Å². The minimum Gasteiger partial charge on any atom is -0.322 e. The summed E-state index contributed by atoms with van der Waals surface area (Å²) in [5.74, 6) is -0.993. The Morgan fingerprint density at radius 3 is 2.71 bits per heavy atom. The second-order valence-electron chi connectivity index (χ2n) is 5.58. The van der Waals surface area contributed by atoms with Crippen LogP contribution in [0.5, 0.6) is 0 Å². The number of hydrogen-bond acceptors (Lipinski definition) is 3. The molecule has 0 fully saturated rings. The molecule has 2 N–H and O–H groups in total. The van der Waals surface area contributed by atoms with Gasteiger partial charge in [0.1, 0.15) is 5.82 Å². The van der Waals surface area contributed by atoms with Crippen LogP contribution in [0.3, 0.4) is 0 Å². The van der Waals surface area contributed by atoms with Gasteiger partial charge < -0.3 is 10.6 Å². The van der Waals surface area contributed by atoms with Crippen molar-refractivity contribution in [2.75, 3.05) is 5.32 Å². The molecule has 8 heteroatoms. The van der Waals surface area contributed by atoms with Gasteiger partial charge in [0.25, 0.3) is 6.43 Å². The van der Waals surface area contributed by atoms with E-state index in [2.05, 4.69) is 15.7 Å². The Balaban J connectivity index is 1.97. The van der Waals surface area contributed by atoms with Crippen molar-refractivity contribution in [3.05, 3.63) is 47.0 Å². The standard InChI is InChI=1S/C16H19F3N4O/c1-9-4-5-13(12(17)6-9)21-16(24)10(2)20-7-14-11(15(18)19)8-23(3)22-14/h4-6,8,10,15,20H,7H2,1-3H3,(H,21,24). The van der Waals surface area contributed by atoms with Crippen LogP contribution in [0.4, 0.5) is 18.9 Å². The molecule has 1 atom stereocenters. The molecule has 5 nitrogen and oxygen atoms in total. The number of amides is 1. The molecule has 1 aromatic heterocycles. The van der Waals surface area contributed by atoms with Crippen LogP contribution in [0.15, 0.2) is 24.4 Å². The molecule has 1 unspecified atom stereocenters. The first-order valence-electron chi connectivity index (χ1n) is 7.39. The summed E-state index contributed by atoms with van der Waals surface area (Å²) in [6, 6.07) is 3.76. The number of nitrogens with one attached hydrogen (secondary N) is 2. The zero-order chi connectivity index (χ0) is 17.9. The average Bonchev–Trinajstić information content (AvgIpc) is 2.88. The SMILES string of the molecule is Cc1ccc(NC(=O)C(C)NCc2nn(C)cc2C(F)F)c(F)c1. The Bertz CT molecular complexity index is 730. The van der Waals surface area contributed by atoms with Crippen molar-refractivity contribution in [2.24, 2.45) is 7.05 Å². The van der Waals surface area contributed by atoms with Gasteiger partial charge in [0, 0.05) is 19.8 Å². The maximum Gasteiger partial charge on any atom is 0.267 e. The van der Waals surface area contributed by atoms with Gasteiger partial charge in [0.15, 0.2) is 0 Å². The maximum absolute atomic E-state index is 13.7. The van der Waals surface area contributed by atoms with Gasteiger partial charge in [-0.2, -0.15) is 5.10 Å². The van der Waals surface area contributed by atoms with Gasteiger partial charge in [-0.05, 0) is 31.5 Å². The lowest BCUT2D eigenvalue weighted by Gasteiger charge is -2.14. The molecule has 2 rings (SSSR count). The first-order chi connectivity index (χ1) is 11.3. The summed E-state index contributed by atoms with van der Waals surface area (Å²) in [6.45, 7) is 3.31. The van der Waals surface area contributed by atoms with Crippen LogP contribution in [-0.4, -0.2) is 21.7 Å². The third kappa shape index (κ3) is 4.35. The van der Waals surface area contributed by atoms with Crippen LogP contribution < -0.4 is 10.6 Å². The number of hydrogen-bond donors (Lipinski definition) is 2. The van der Waals surface area contributed by atoms with Gasteiger partial charge in [-0.15, -0.1) is 0 Å². The normalized spacial score (nSPS) is 12.5. The zero-order valence-corrected chi connectivity index (χ0v) is 13.6. The Kier molecular flexibility index (Phi) is 5.61. The third-order valence-corrected chi connectivity index (χ3v) is 3.52. The lowest BCUT2D eigenvalue weighted by Crippen LogP contribution is -2.38. The van der Waals surface area contributed by atoms with Crippen LogP contribution in [0.1, 0.15) is 30.2 Å². The van der Waals surface area contributed by atoms with E-state index in [-0.39, 0.29) is 23.5 Å². The summed E-state index contributed by atoms with van der Waals surface area (Å²) in [6.07, 6.45) is -1.39. The molecule has 1 heterocycles. The number of benzene rings is 1. The highest BCUT2D eigenvalue weighted by atomic mass is 19.3. The quantitative estimate of drug-likeness (QED) is 0.850. The van der Waals surface area contributed by atoms with E-state index in [0.29, 0.717) is 0 Å². The van der Waals surface area contributed by atoms with Crippen molar-refractivity contribution in [3.8, 4) is 0 Å². The molecule has 0 aliphatic rings. The van der Waals surface area contributed by atoms with Gasteiger partial charge in [-0.25, -0.2) is 13.2 Å². The predicted molar refractivity (Wildman–Crippen MR) is 84.2 cm³/mol. The monoisotopic (exact) mass is 340 g/mol. The third-order valence-electron chi connectivity index (χ3n) is 3.52. The van der Waals surface area contributed by atoms with Crippen molar-refractivity contribution in [3.63, 3.8) is 0 Å². The highest BCUT2D eigenvalue weighted by Gasteiger charge is 2.19. The molecule has 0 bridgehead atoms. The molecule has 1 amide bonds. The number of alkyl halides is 2. The molecular weight excluding hydrogens is 321 g/mol. The van der Waals surface area contributed by atoms with Crippen molar-refractivity contribution in [1.29, 1.82) is 0 Å². The minimum atomic E-state index is -2.64. The summed E-state index contributed by atoms with van der Waals surface area (Å²) in [7, 11) is 1.55. The highest BCUT2D eigenvalue weighted by Crippen LogP contribution is 2.21. The number of anilines is 1. The van der Waals surface area contributed by atoms with Crippen LogP contribution in [0, 0.1) is 12.7 Å². The second-order valence-corrected chi connectivity index (χ2v) is 5.58. The average molecular weight is 340 g/mol. The first kappa shape index (κ1) is 18.0. The number of aryl methyl sites for hydroxylation is 2. The van der Waals surface area contributed by atoms with Crippen LogP contribution in [0.2, 0.25) is 0 Å². The van der Waals surface area contributed by atoms with Gasteiger partial charge in [0.2, 0.25) is 5.91 Å². The first-order valence-corrected chi connectivity index (χ1v) is 7.39. The fourth-order valence-corrected chi connectivity index (χ4v) is 2.18. The van der Waals surface area contributed by atoms with Crippen LogP contribution in [-0.2, 0) is 18.4 Å². The molecule has 0 saturated carbocycles. The number of carbonyl (C=O) groups is 1. The largest absolute Gasteiger partial charge is 0.322 e. The molecule has 0 aliphatic heterocycles. The summed E-state index contributed by atoms with van der Waals surface area (Å²) >= 11 is 0. The molecule has 0 radical (unpaired) electrons. The molecule has 0 saturated heterocycles. The van der Waals surface area contributed by atoms with E-state index in [4.69, 9.17) is 0 Å². The Morgan fingerprint density at radius 1 is 1.38 bits per heavy atom. The van der Waals surface area contributed by atoms with Gasteiger partial charge in [-0.3, -0.25) is 9.48 Å². The second kappa shape index (κ2) is 7.48. The van der Waals surface area contributed by atoms with Crippen molar-refractivity contribution in [2.45, 2.75) is 32.9 Å². The van der Waals surface area contributed by atoms with E-state index in [1.165, 1.54) is 23.0 Å². The summed E-state index contributed by atoms with van der Waals surface area (Å²) < 4.78 is 40.8. The van der Waals surface area contributed by atoms with Crippen molar-refractivity contribution >= 4 is 11.6 Å². The summed E-state index contributed by atoms with van der Waals surface area (Å²) in [4.78, 5) is 12.1. The number of aromatic nitrogens is 2. The fourth-order valence-electron chi connectivity index (χ4n) is 2.18. The lowest BCUT2D eigenvalue weighted by atomic mass is 10.2. The Labute approximate surface area is 137 Å². The van der Waals surface area contributed by atoms with E-state index in [0.717, 1.165) is 5.56 Å². The zero-order valence-electron chi connectivity index (χ0n) is 13.6. The summed E-state index contributed by atoms with van der Waals surface area (Å²) in [5.41, 5.74) is 0.813. The molecule has 0 aliphatic carbocycles. The molecule has 2 aromatic rings. The van der Waals surface area contributed by atoms with E-state index in [9.17, 15) is 18.0 Å². The molecule has 0 spiro atoms. The number of halogens is 3. The van der Waals surface area contributed by atoms with Crippen LogP contribution >= 0.6 is 0 Å². The minimum absolute atomic E-state index is 0.00544. The van der Waals surface area contributed by atoms with Crippen molar-refractivity contribution < 1.29 is 18.0 Å². The Morgan fingerprint density at radius 2 is 2.08 bits per heavy atom. The van der Waals surface area contributed by atoms with Gasteiger partial charge in [-0.1, -0.05) is 6.07 Å². The smallest absolute Gasteiger partial charge is 0.267 e. The summed E-state index contributed by atoms with van der Waals surface area (Å²) in [5, 5.41) is 9.23. The van der Waals surface area contributed by atoms with Crippen molar-refractivity contribution in [1.82, 2.24) is 15.1 Å². The fraction of sp³-hybridized carbons (Fsp3) is 0.375. The predicted octanol–water partition coefficient (Wildman–Crippen LogP) is 2.92. The molecular formula is C16H19F3N4O. The molecule has 1 aromatic carbocycles. The van der Waals surface area contributed by atoms with E-state index in [1.807, 2.05) is 0 Å². The highest BCUT2D eigenvalue weighted by molar-refractivity contribution is 5.94. The molecule has 130 valence electrons. The number of carbonyl (C=O) groups excluding carboxylic acids is 1. The number of nitrogens with zero attached hydrogens (tertiary/aromatic N) is 2. The Hall–Kier alpha value is -2.35. The van der Waals surface area contributed by atoms with E-state index >= 15 is 0 Å². The molecule has 24 heavy (non-hydrogen) atoms. The van der Waals surface area contributed by atoms with E-state index in [1.54, 1.807) is 27.0 Å². The topological polar surface area (TPSA) is 59.0 Å². The van der Waals surface area contributed by atoms with E-state index < -0.39 is 24.2 Å². The number of rotatable bonds is 6. The maximum atomic E-state index is 13.7.